The standard InChI is InChI=1S/C85H88N4O18/c1-58-52-88(76-50-72(106-78(90)56-100-70-28-18-12-19-29-70)74(104-76)54-102-84(60-24-14-10-15-25-60,62-32-40-66(96-3)41-33-62)63-34-42-67(97-4)43-35-63)82(94)86(80(58)92)48-22-8-7-9-23-49-87-81(93)59(2)53-89(83(87)95)77-51-73(107-79(91)57-101-71-30-20-13-21-31-71)75(105-77)55-103-85(61-26-16-11-17-27-61,64-36-44-68(98-5)45-37-64)65-38-46-69(99-6)47-39-65/h10-21,24-47,52-53,72-77H,7-9,22-23,48-51,54-57H2,1-6H3/t72-,73-,74+,75+,76+,77+/m0/s1. The number of methoxy groups -OCH3 is 4. The summed E-state index contributed by atoms with van der Waals surface area (Å²) in [5.74, 6) is 2.18. The van der Waals surface area contributed by atoms with Crippen LogP contribution in [0.3, 0.4) is 0 Å². The number of carbonyl (C=O) groups is 2. The van der Waals surface area contributed by atoms with Gasteiger partial charge in [0.2, 0.25) is 0 Å². The van der Waals surface area contributed by atoms with Gasteiger partial charge in [-0.25, -0.2) is 19.2 Å². The van der Waals surface area contributed by atoms with Crippen molar-refractivity contribution >= 4 is 11.9 Å². The maximum atomic E-state index is 14.7. The largest absolute Gasteiger partial charge is 0.497 e. The molecule has 22 nitrogen and oxygen atoms in total. The number of hydrogen-bond acceptors (Lipinski definition) is 18. The highest BCUT2D eigenvalue weighted by molar-refractivity contribution is 5.72. The molecule has 0 N–H and O–H groups in total. The van der Waals surface area contributed by atoms with Gasteiger partial charge >= 0.3 is 23.3 Å². The zero-order valence-corrected chi connectivity index (χ0v) is 60.7. The molecule has 2 fully saturated rings. The molecule has 10 aromatic rings. The molecule has 556 valence electrons. The maximum Gasteiger partial charge on any atom is 0.344 e. The molecular weight excluding hydrogens is 1360 g/mol. The number of nitrogens with zero attached hydrogens (tertiary/aromatic N) is 4. The summed E-state index contributed by atoms with van der Waals surface area (Å²) in [5, 5.41) is 0. The zero-order chi connectivity index (χ0) is 74.9. The fourth-order valence-corrected chi connectivity index (χ4v) is 14.0. The second-order valence-electron chi connectivity index (χ2n) is 26.3. The van der Waals surface area contributed by atoms with E-state index in [4.69, 9.17) is 56.8 Å². The smallest absolute Gasteiger partial charge is 0.344 e. The number of esters is 2. The quantitative estimate of drug-likeness (QED) is 0.0207. The number of unbranched alkanes of at least 4 members (excludes halogenated alkanes) is 4. The van der Waals surface area contributed by atoms with E-state index in [1.54, 1.807) is 90.8 Å². The van der Waals surface area contributed by atoms with E-state index in [1.807, 2.05) is 170 Å². The maximum absolute atomic E-state index is 14.7. The third kappa shape index (κ3) is 17.3. The first-order chi connectivity index (χ1) is 52.1. The Morgan fingerprint density at radius 1 is 0.383 bits per heavy atom. The summed E-state index contributed by atoms with van der Waals surface area (Å²) in [7, 11) is 6.39. The van der Waals surface area contributed by atoms with Crippen LogP contribution >= 0.6 is 0 Å². The number of carbonyl (C=O) groups excluding carboxylic acids is 2. The normalized spacial score (nSPS) is 17.1. The van der Waals surface area contributed by atoms with Crippen LogP contribution in [-0.4, -0.2) is 109 Å². The minimum atomic E-state index is -1.27. The molecule has 6 atom stereocenters. The number of rotatable bonds is 34. The summed E-state index contributed by atoms with van der Waals surface area (Å²) in [6.07, 6.45) is -0.0648. The summed E-state index contributed by atoms with van der Waals surface area (Å²) in [4.78, 5) is 84.9. The van der Waals surface area contributed by atoms with Crippen LogP contribution < -0.4 is 50.9 Å². The Balaban J connectivity index is 0.738. The molecule has 4 heterocycles. The Morgan fingerprint density at radius 3 is 0.981 bits per heavy atom. The topological polar surface area (TPSA) is 233 Å². The monoisotopic (exact) mass is 1450 g/mol. The van der Waals surface area contributed by atoms with Crippen LogP contribution in [0.2, 0.25) is 0 Å². The number of benzene rings is 8. The van der Waals surface area contributed by atoms with Crippen LogP contribution in [0.4, 0.5) is 0 Å². The molecule has 0 aliphatic carbocycles. The third-order valence-corrected chi connectivity index (χ3v) is 19.5. The minimum Gasteiger partial charge on any atom is -0.497 e. The first kappa shape index (κ1) is 75.4. The van der Waals surface area contributed by atoms with Crippen molar-refractivity contribution < 1.29 is 66.4 Å². The van der Waals surface area contributed by atoms with Gasteiger partial charge in [-0.2, -0.15) is 0 Å². The van der Waals surface area contributed by atoms with Crippen molar-refractivity contribution in [1.82, 2.24) is 18.3 Å². The van der Waals surface area contributed by atoms with E-state index in [9.17, 15) is 28.8 Å². The van der Waals surface area contributed by atoms with Crippen LogP contribution in [0, 0.1) is 13.8 Å². The summed E-state index contributed by atoms with van der Waals surface area (Å²) >= 11 is 0. The SMILES string of the molecule is COc1ccc(C(OC[C@H]2O[C@@H](n3cc(C)c(=O)n(CCCCCCCn4c(=O)c(C)cn([C@H]5C[C@H](OC(=O)COc6ccccc6)[C@@H](COC(c6ccccc6)(c6ccc(OC)cc6)c6ccc(OC)cc6)O5)c4=O)c3=O)C[C@@H]2OC(=O)COc2ccccc2)(c2ccccc2)c2ccc(OC)cc2)cc1. The van der Waals surface area contributed by atoms with Crippen molar-refractivity contribution in [2.75, 3.05) is 54.9 Å². The fraction of sp³-hybridized carbons (Fsp3) is 0.318. The summed E-state index contributed by atoms with van der Waals surface area (Å²) in [6, 6.07) is 67.5. The van der Waals surface area contributed by atoms with Crippen LogP contribution in [-0.2, 0) is 62.3 Å². The third-order valence-electron chi connectivity index (χ3n) is 19.5. The summed E-state index contributed by atoms with van der Waals surface area (Å²) < 4.78 is 79.5. The molecule has 8 aromatic carbocycles. The van der Waals surface area contributed by atoms with Gasteiger partial charge in [0.15, 0.2) is 13.2 Å². The van der Waals surface area contributed by atoms with Gasteiger partial charge in [0.05, 0.1) is 41.7 Å². The van der Waals surface area contributed by atoms with Gasteiger partial charge in [-0.1, -0.05) is 165 Å². The van der Waals surface area contributed by atoms with Crippen molar-refractivity contribution in [3.63, 3.8) is 0 Å². The lowest BCUT2D eigenvalue weighted by molar-refractivity contribution is -0.159. The van der Waals surface area contributed by atoms with E-state index >= 15 is 0 Å². The van der Waals surface area contributed by atoms with Gasteiger partial charge in [0.1, 0.15) is 82.6 Å². The Morgan fingerprint density at radius 2 is 0.673 bits per heavy atom. The number of aromatic nitrogens is 4. The van der Waals surface area contributed by atoms with E-state index in [2.05, 4.69) is 0 Å². The zero-order valence-electron chi connectivity index (χ0n) is 60.7. The van der Waals surface area contributed by atoms with Crippen LogP contribution in [0.5, 0.6) is 34.5 Å². The van der Waals surface area contributed by atoms with Crippen molar-refractivity contribution in [3.05, 3.63) is 317 Å². The highest BCUT2D eigenvalue weighted by Crippen LogP contribution is 2.45. The van der Waals surface area contributed by atoms with E-state index in [0.717, 1.165) is 33.4 Å². The molecular formula is C85H88N4O18. The molecule has 0 saturated carbocycles. The van der Waals surface area contributed by atoms with Gasteiger partial charge in [-0.05, 0) is 133 Å². The Hall–Kier alpha value is -11.3. The van der Waals surface area contributed by atoms with E-state index in [1.165, 1.54) is 30.7 Å². The van der Waals surface area contributed by atoms with E-state index in [0.29, 0.717) is 77.7 Å². The van der Waals surface area contributed by atoms with Crippen molar-refractivity contribution in [3.8, 4) is 34.5 Å². The van der Waals surface area contributed by atoms with Gasteiger partial charge in [0, 0.05) is 49.5 Å². The number of hydrogen-bond donors (Lipinski definition) is 0. The van der Waals surface area contributed by atoms with Gasteiger partial charge < -0.3 is 56.8 Å². The van der Waals surface area contributed by atoms with Crippen LogP contribution in [0.25, 0.3) is 0 Å². The summed E-state index contributed by atoms with van der Waals surface area (Å²) in [5.41, 5.74) is 0.532. The number of ether oxygens (including phenoxy) is 12. The number of para-hydroxylation sites is 2. The molecule has 2 saturated heterocycles. The molecule has 0 amide bonds. The minimum absolute atomic E-state index is 0.0273. The summed E-state index contributed by atoms with van der Waals surface area (Å²) in [6.45, 7) is 2.34. The lowest BCUT2D eigenvalue weighted by Crippen LogP contribution is -2.42. The second kappa shape index (κ2) is 35.2. The van der Waals surface area contributed by atoms with Crippen molar-refractivity contribution in [1.29, 1.82) is 0 Å². The molecule has 0 spiro atoms. The first-order valence-electron chi connectivity index (χ1n) is 35.8. The Kier molecular flexibility index (Phi) is 24.8. The van der Waals surface area contributed by atoms with E-state index in [-0.39, 0.29) is 39.1 Å². The molecule has 0 bridgehead atoms. The molecule has 2 aliphatic heterocycles. The number of aryl methyl sites for hydroxylation is 2. The molecule has 2 aliphatic rings. The van der Waals surface area contributed by atoms with Crippen LogP contribution in [0.15, 0.2) is 250 Å². The lowest BCUT2D eigenvalue weighted by Gasteiger charge is -2.37. The predicted octanol–water partition coefficient (Wildman–Crippen LogP) is 12.2. The average Bonchev–Trinajstić information content (AvgIpc) is 1.81. The molecule has 2 aromatic heterocycles. The van der Waals surface area contributed by atoms with E-state index < -0.39 is 95.7 Å². The van der Waals surface area contributed by atoms with Gasteiger partial charge in [0.25, 0.3) is 11.1 Å². The van der Waals surface area contributed by atoms with Gasteiger partial charge in [-0.3, -0.25) is 27.9 Å². The van der Waals surface area contributed by atoms with Crippen molar-refractivity contribution in [2.24, 2.45) is 0 Å². The van der Waals surface area contributed by atoms with Crippen LogP contribution in [0.1, 0.15) is 102 Å². The second-order valence-corrected chi connectivity index (χ2v) is 26.3. The molecule has 22 heteroatoms. The predicted molar refractivity (Wildman–Crippen MR) is 400 cm³/mol. The average molecular weight is 1450 g/mol. The molecule has 12 rings (SSSR count). The lowest BCUT2D eigenvalue weighted by atomic mass is 9.80. The Bertz CT molecular complexity index is 4420. The van der Waals surface area contributed by atoms with Gasteiger partial charge in [-0.15, -0.1) is 0 Å². The molecule has 0 radical (unpaired) electrons. The molecule has 0 unspecified atom stereocenters. The Labute approximate surface area is 620 Å². The highest BCUT2D eigenvalue weighted by atomic mass is 16.6. The highest BCUT2D eigenvalue weighted by Gasteiger charge is 2.47. The van der Waals surface area contributed by atoms with Crippen molar-refractivity contribution in [2.45, 2.75) is 120 Å². The molecule has 107 heavy (non-hydrogen) atoms. The fourth-order valence-electron chi connectivity index (χ4n) is 14.0. The first-order valence-corrected chi connectivity index (χ1v) is 35.8.